The van der Waals surface area contributed by atoms with E-state index < -0.39 is 0 Å². The van der Waals surface area contributed by atoms with Crippen LogP contribution in [-0.2, 0) is 9.47 Å². The van der Waals surface area contributed by atoms with Crippen LogP contribution < -0.4 is 0 Å². The van der Waals surface area contributed by atoms with Gasteiger partial charge in [0.05, 0.1) is 7.11 Å². The molecule has 0 fully saturated rings. The molecule has 0 saturated heterocycles. The van der Waals surface area contributed by atoms with Gasteiger partial charge in [-0.25, -0.2) is 4.99 Å². The van der Waals surface area contributed by atoms with Crippen LogP contribution in [0.25, 0.3) is 0 Å². The number of rotatable bonds is 1. The lowest BCUT2D eigenvalue weighted by Gasteiger charge is -2.11. The summed E-state index contributed by atoms with van der Waals surface area (Å²) in [6, 6.07) is 4.18. The van der Waals surface area contributed by atoms with Crippen LogP contribution in [0, 0.1) is 13.8 Å². The second-order valence-corrected chi connectivity index (χ2v) is 3.71. The molecule has 1 aromatic rings. The highest BCUT2D eigenvalue weighted by Crippen LogP contribution is 2.34. The van der Waals surface area contributed by atoms with E-state index in [2.05, 4.69) is 31.0 Å². The second-order valence-electron chi connectivity index (χ2n) is 3.71. The molecule has 1 heterocycles. The van der Waals surface area contributed by atoms with Crippen molar-refractivity contribution < 1.29 is 9.47 Å². The summed E-state index contributed by atoms with van der Waals surface area (Å²) in [5.74, 6) is 0.679. The molecule has 1 atom stereocenters. The summed E-state index contributed by atoms with van der Waals surface area (Å²) < 4.78 is 10.6. The van der Waals surface area contributed by atoms with E-state index in [0.29, 0.717) is 5.90 Å². The second kappa shape index (κ2) is 3.66. The number of hydrogen-bond donors (Lipinski definition) is 0. The quantitative estimate of drug-likeness (QED) is 0.704. The normalized spacial score (nSPS) is 18.7. The molecular formula is C12H15NO2. The number of fused-ring (bicyclic) bond motifs is 1. The minimum atomic E-state index is -0.213. The van der Waals surface area contributed by atoms with E-state index in [1.165, 1.54) is 11.1 Å². The average Bonchev–Trinajstić information content (AvgIpc) is 2.63. The Hall–Kier alpha value is -1.35. The van der Waals surface area contributed by atoms with Gasteiger partial charge in [0.15, 0.2) is 6.23 Å². The Morgan fingerprint density at radius 1 is 1.13 bits per heavy atom. The van der Waals surface area contributed by atoms with Crippen LogP contribution in [0.5, 0.6) is 0 Å². The van der Waals surface area contributed by atoms with Crippen molar-refractivity contribution in [2.24, 2.45) is 4.99 Å². The van der Waals surface area contributed by atoms with E-state index in [1.54, 1.807) is 14.2 Å². The number of aryl methyl sites for hydroxylation is 2. The van der Waals surface area contributed by atoms with Crippen molar-refractivity contribution in [2.75, 3.05) is 14.2 Å². The van der Waals surface area contributed by atoms with Crippen LogP contribution in [0.15, 0.2) is 17.1 Å². The van der Waals surface area contributed by atoms with Crippen molar-refractivity contribution in [1.82, 2.24) is 0 Å². The molecule has 2 rings (SSSR count). The van der Waals surface area contributed by atoms with Gasteiger partial charge in [-0.2, -0.15) is 0 Å². The van der Waals surface area contributed by atoms with Crippen molar-refractivity contribution in [2.45, 2.75) is 20.1 Å². The Balaban J connectivity index is 2.64. The lowest BCUT2D eigenvalue weighted by Crippen LogP contribution is -2.04. The first-order valence-corrected chi connectivity index (χ1v) is 4.94. The lowest BCUT2D eigenvalue weighted by molar-refractivity contribution is 0.112. The van der Waals surface area contributed by atoms with Crippen molar-refractivity contribution in [3.05, 3.63) is 34.4 Å². The summed E-state index contributed by atoms with van der Waals surface area (Å²) in [5, 5.41) is 0. The number of hydrogen-bond acceptors (Lipinski definition) is 3. The first-order valence-electron chi connectivity index (χ1n) is 4.94. The maximum Gasteiger partial charge on any atom is 0.219 e. The van der Waals surface area contributed by atoms with E-state index in [0.717, 1.165) is 11.1 Å². The molecule has 1 unspecified atom stereocenters. The van der Waals surface area contributed by atoms with Crippen molar-refractivity contribution in [1.29, 1.82) is 0 Å². The van der Waals surface area contributed by atoms with E-state index in [1.807, 2.05) is 0 Å². The van der Waals surface area contributed by atoms with Gasteiger partial charge in [-0.3, -0.25) is 0 Å². The number of nitrogens with zero attached hydrogens (tertiary/aromatic N) is 1. The van der Waals surface area contributed by atoms with Crippen molar-refractivity contribution >= 4 is 5.90 Å². The number of ether oxygens (including phenoxy) is 2. The fourth-order valence-electron chi connectivity index (χ4n) is 2.00. The van der Waals surface area contributed by atoms with E-state index in [-0.39, 0.29) is 6.23 Å². The fourth-order valence-corrected chi connectivity index (χ4v) is 2.00. The van der Waals surface area contributed by atoms with Gasteiger partial charge in [-0.15, -0.1) is 0 Å². The van der Waals surface area contributed by atoms with Gasteiger partial charge >= 0.3 is 0 Å². The van der Waals surface area contributed by atoms with Crippen LogP contribution in [-0.4, -0.2) is 20.1 Å². The van der Waals surface area contributed by atoms with Gasteiger partial charge in [0.2, 0.25) is 5.90 Å². The molecule has 1 aromatic carbocycles. The number of aliphatic imine (C=N–C) groups is 1. The molecule has 0 saturated carbocycles. The van der Waals surface area contributed by atoms with Gasteiger partial charge < -0.3 is 9.47 Å². The highest BCUT2D eigenvalue weighted by molar-refractivity contribution is 5.99. The molecule has 0 bridgehead atoms. The lowest BCUT2D eigenvalue weighted by atomic mass is 9.98. The molecule has 0 radical (unpaired) electrons. The van der Waals surface area contributed by atoms with Crippen LogP contribution in [0.2, 0.25) is 0 Å². The summed E-state index contributed by atoms with van der Waals surface area (Å²) in [7, 11) is 3.31. The third-order valence-electron chi connectivity index (χ3n) is 2.78. The zero-order valence-electron chi connectivity index (χ0n) is 9.50. The molecular weight excluding hydrogens is 190 g/mol. The number of benzene rings is 1. The van der Waals surface area contributed by atoms with Crippen LogP contribution >= 0.6 is 0 Å². The Morgan fingerprint density at radius 2 is 1.80 bits per heavy atom. The standard InChI is InChI=1S/C12H15NO2/c1-7-5-6-8(2)10-9(7)11(14-3)13-12(10)15-4/h5-6,11H,1-4H3. The molecule has 0 spiro atoms. The molecule has 0 N–H and O–H groups in total. The minimum absolute atomic E-state index is 0.213. The van der Waals surface area contributed by atoms with Gasteiger partial charge in [0.25, 0.3) is 0 Å². The summed E-state index contributed by atoms with van der Waals surface area (Å²) >= 11 is 0. The largest absolute Gasteiger partial charge is 0.481 e. The summed E-state index contributed by atoms with van der Waals surface area (Å²) in [6.45, 7) is 4.13. The molecule has 15 heavy (non-hydrogen) atoms. The minimum Gasteiger partial charge on any atom is -0.481 e. The van der Waals surface area contributed by atoms with Gasteiger partial charge in [-0.1, -0.05) is 12.1 Å². The van der Waals surface area contributed by atoms with Gasteiger partial charge in [0, 0.05) is 18.2 Å². The molecule has 0 amide bonds. The summed E-state index contributed by atoms with van der Waals surface area (Å²) in [6.07, 6.45) is -0.213. The molecule has 0 aromatic heterocycles. The summed E-state index contributed by atoms with van der Waals surface area (Å²) in [4.78, 5) is 4.39. The third kappa shape index (κ3) is 1.43. The Morgan fingerprint density at radius 3 is 2.40 bits per heavy atom. The zero-order valence-corrected chi connectivity index (χ0v) is 9.50. The maximum atomic E-state index is 5.34. The average molecular weight is 205 g/mol. The van der Waals surface area contributed by atoms with E-state index in [9.17, 15) is 0 Å². The SMILES string of the molecule is COC1=NC(OC)c2c(C)ccc(C)c21. The first-order chi connectivity index (χ1) is 7.19. The molecule has 1 aliphatic rings. The topological polar surface area (TPSA) is 30.8 Å². The van der Waals surface area contributed by atoms with Crippen molar-refractivity contribution in [3.8, 4) is 0 Å². The monoisotopic (exact) mass is 205 g/mol. The van der Waals surface area contributed by atoms with Gasteiger partial charge in [0.1, 0.15) is 0 Å². The number of methoxy groups -OCH3 is 2. The summed E-state index contributed by atoms with van der Waals surface area (Å²) in [5.41, 5.74) is 4.59. The predicted octanol–water partition coefficient (Wildman–Crippen LogP) is 2.36. The molecule has 0 aliphatic carbocycles. The Bertz CT molecular complexity index is 424. The molecule has 3 heteroatoms. The smallest absolute Gasteiger partial charge is 0.219 e. The first kappa shape index (κ1) is 10.2. The molecule has 80 valence electrons. The van der Waals surface area contributed by atoms with Gasteiger partial charge in [-0.05, 0) is 25.0 Å². The molecule has 3 nitrogen and oxygen atoms in total. The van der Waals surface area contributed by atoms with E-state index >= 15 is 0 Å². The van der Waals surface area contributed by atoms with Crippen LogP contribution in [0.3, 0.4) is 0 Å². The highest BCUT2D eigenvalue weighted by Gasteiger charge is 2.28. The Kier molecular flexibility index (Phi) is 2.49. The van der Waals surface area contributed by atoms with E-state index in [4.69, 9.17) is 9.47 Å². The highest BCUT2D eigenvalue weighted by atomic mass is 16.5. The van der Waals surface area contributed by atoms with Crippen LogP contribution in [0.4, 0.5) is 0 Å². The zero-order chi connectivity index (χ0) is 11.0. The maximum absolute atomic E-state index is 5.34. The predicted molar refractivity (Wildman–Crippen MR) is 59.2 cm³/mol. The van der Waals surface area contributed by atoms with Crippen LogP contribution in [0.1, 0.15) is 28.5 Å². The third-order valence-corrected chi connectivity index (χ3v) is 2.78. The Labute approximate surface area is 89.7 Å². The van der Waals surface area contributed by atoms with Crippen molar-refractivity contribution in [3.63, 3.8) is 0 Å². The fraction of sp³-hybridized carbons (Fsp3) is 0.417. The molecule has 1 aliphatic heterocycles.